The van der Waals surface area contributed by atoms with Gasteiger partial charge < -0.3 is 9.88 Å². The summed E-state index contributed by atoms with van der Waals surface area (Å²) in [6.45, 7) is 0.465. The summed E-state index contributed by atoms with van der Waals surface area (Å²) in [4.78, 5) is 4.74. The van der Waals surface area contributed by atoms with Crippen LogP contribution in [0.4, 0.5) is 18.9 Å². The largest absolute Gasteiger partial charge is 0.398 e. The molecule has 0 aliphatic carbocycles. The van der Waals surface area contributed by atoms with Gasteiger partial charge in [0.15, 0.2) is 0 Å². The predicted molar refractivity (Wildman–Crippen MR) is 73.8 cm³/mol. The molecule has 0 aliphatic rings. The van der Waals surface area contributed by atoms with E-state index in [9.17, 15) is 13.2 Å². The minimum atomic E-state index is -4.17. The molecular formula is C13H14F3N3S. The van der Waals surface area contributed by atoms with Crippen LogP contribution in [0.1, 0.15) is 5.82 Å². The van der Waals surface area contributed by atoms with Crippen LogP contribution in [0.25, 0.3) is 0 Å². The maximum absolute atomic E-state index is 12.3. The van der Waals surface area contributed by atoms with Crippen LogP contribution in [-0.2, 0) is 13.6 Å². The van der Waals surface area contributed by atoms with Gasteiger partial charge in [0.25, 0.3) is 0 Å². The first-order chi connectivity index (χ1) is 9.46. The summed E-state index contributed by atoms with van der Waals surface area (Å²) in [6, 6.07) is 6.96. The minimum Gasteiger partial charge on any atom is -0.377 e. The van der Waals surface area contributed by atoms with E-state index in [0.29, 0.717) is 17.1 Å². The van der Waals surface area contributed by atoms with Gasteiger partial charge in [0.05, 0.1) is 12.3 Å². The smallest absolute Gasteiger partial charge is 0.377 e. The monoisotopic (exact) mass is 301 g/mol. The molecule has 0 amide bonds. The zero-order chi connectivity index (χ0) is 14.6. The SMILES string of the molecule is Cn1ccnc1CNc1ccccc1SCC(F)(F)F. The van der Waals surface area contributed by atoms with Gasteiger partial charge in [-0.05, 0) is 12.1 Å². The zero-order valence-corrected chi connectivity index (χ0v) is 11.6. The van der Waals surface area contributed by atoms with Crippen LogP contribution in [0.3, 0.4) is 0 Å². The number of aromatic nitrogens is 2. The molecule has 0 bridgehead atoms. The highest BCUT2D eigenvalue weighted by Crippen LogP contribution is 2.32. The molecule has 2 aromatic rings. The number of benzene rings is 1. The predicted octanol–water partition coefficient (Wildman–Crippen LogP) is 3.69. The molecule has 20 heavy (non-hydrogen) atoms. The summed E-state index contributed by atoms with van der Waals surface area (Å²) in [7, 11) is 1.87. The van der Waals surface area contributed by atoms with Crippen molar-refractivity contribution < 1.29 is 13.2 Å². The Morgan fingerprint density at radius 1 is 1.30 bits per heavy atom. The quantitative estimate of drug-likeness (QED) is 0.854. The Balaban J connectivity index is 2.02. The minimum absolute atomic E-state index is 0.465. The van der Waals surface area contributed by atoms with Crippen LogP contribution in [-0.4, -0.2) is 21.5 Å². The molecule has 0 saturated carbocycles. The van der Waals surface area contributed by atoms with E-state index in [4.69, 9.17) is 0 Å². The fraction of sp³-hybridized carbons (Fsp3) is 0.308. The molecule has 1 heterocycles. The van der Waals surface area contributed by atoms with Gasteiger partial charge in [-0.2, -0.15) is 13.2 Å². The first kappa shape index (κ1) is 14.8. The number of thioether (sulfide) groups is 1. The Hall–Kier alpha value is -1.63. The number of halogens is 3. The summed E-state index contributed by atoms with van der Waals surface area (Å²) in [5.41, 5.74) is 0.685. The molecule has 0 spiro atoms. The Morgan fingerprint density at radius 2 is 2.05 bits per heavy atom. The van der Waals surface area contributed by atoms with E-state index < -0.39 is 11.9 Å². The lowest BCUT2D eigenvalue weighted by molar-refractivity contribution is -0.105. The number of nitrogens with zero attached hydrogens (tertiary/aromatic N) is 2. The van der Waals surface area contributed by atoms with Gasteiger partial charge in [0.2, 0.25) is 0 Å². The third-order valence-corrected chi connectivity index (χ3v) is 3.77. The number of rotatable bonds is 5. The van der Waals surface area contributed by atoms with Crippen molar-refractivity contribution >= 4 is 17.4 Å². The Bertz CT molecular complexity index is 566. The molecule has 1 aromatic heterocycles. The van der Waals surface area contributed by atoms with Crippen molar-refractivity contribution in [3.8, 4) is 0 Å². The topological polar surface area (TPSA) is 29.9 Å². The summed E-state index contributed by atoms with van der Waals surface area (Å²) in [5.74, 6) is -0.0747. The number of alkyl halides is 3. The molecule has 2 rings (SSSR count). The van der Waals surface area contributed by atoms with E-state index in [1.165, 1.54) is 0 Å². The second kappa shape index (κ2) is 6.21. The molecule has 1 N–H and O–H groups in total. The van der Waals surface area contributed by atoms with Crippen molar-refractivity contribution in [2.45, 2.75) is 17.6 Å². The standard InChI is InChI=1S/C13H14F3N3S/c1-19-7-6-17-12(19)8-18-10-4-2-3-5-11(10)20-9-13(14,15)16/h2-7,18H,8-9H2,1H3. The Kier molecular flexibility index (Phi) is 4.59. The van der Waals surface area contributed by atoms with E-state index in [0.717, 1.165) is 17.6 Å². The van der Waals surface area contributed by atoms with E-state index in [2.05, 4.69) is 10.3 Å². The summed E-state index contributed by atoms with van der Waals surface area (Å²) >= 11 is 0.781. The van der Waals surface area contributed by atoms with Crippen molar-refractivity contribution in [2.24, 2.45) is 7.05 Å². The van der Waals surface area contributed by atoms with Crippen LogP contribution >= 0.6 is 11.8 Å². The van der Waals surface area contributed by atoms with E-state index in [1.54, 1.807) is 30.5 Å². The lowest BCUT2D eigenvalue weighted by Crippen LogP contribution is -2.11. The molecule has 108 valence electrons. The highest BCUT2D eigenvalue weighted by molar-refractivity contribution is 7.99. The average molecular weight is 301 g/mol. The highest BCUT2D eigenvalue weighted by atomic mass is 32.2. The summed E-state index contributed by atoms with van der Waals surface area (Å²) < 4.78 is 38.7. The number of anilines is 1. The van der Waals surface area contributed by atoms with Gasteiger partial charge in [-0.15, -0.1) is 11.8 Å². The number of imidazole rings is 1. The molecule has 0 unspecified atom stereocenters. The second-order valence-electron chi connectivity index (χ2n) is 4.21. The Morgan fingerprint density at radius 3 is 2.70 bits per heavy atom. The van der Waals surface area contributed by atoms with Gasteiger partial charge in [-0.3, -0.25) is 0 Å². The van der Waals surface area contributed by atoms with Gasteiger partial charge in [-0.25, -0.2) is 4.98 Å². The normalized spacial score (nSPS) is 11.6. The molecule has 0 atom stereocenters. The molecule has 3 nitrogen and oxygen atoms in total. The lowest BCUT2D eigenvalue weighted by atomic mass is 10.3. The molecule has 0 aliphatic heterocycles. The van der Waals surface area contributed by atoms with Crippen LogP contribution in [0, 0.1) is 0 Å². The van der Waals surface area contributed by atoms with Gasteiger partial charge >= 0.3 is 6.18 Å². The van der Waals surface area contributed by atoms with E-state index in [-0.39, 0.29) is 0 Å². The van der Waals surface area contributed by atoms with Gasteiger partial charge in [0, 0.05) is 30.0 Å². The van der Waals surface area contributed by atoms with Crippen molar-refractivity contribution in [2.75, 3.05) is 11.1 Å². The summed E-state index contributed by atoms with van der Waals surface area (Å²) in [6.07, 6.45) is -0.667. The van der Waals surface area contributed by atoms with Crippen LogP contribution in [0.5, 0.6) is 0 Å². The lowest BCUT2D eigenvalue weighted by Gasteiger charge is -2.12. The molecule has 7 heteroatoms. The third kappa shape index (κ3) is 4.19. The van der Waals surface area contributed by atoms with Crippen molar-refractivity contribution in [3.63, 3.8) is 0 Å². The highest BCUT2D eigenvalue weighted by Gasteiger charge is 2.27. The third-order valence-electron chi connectivity index (χ3n) is 2.64. The average Bonchev–Trinajstić information content (AvgIpc) is 2.79. The van der Waals surface area contributed by atoms with Gasteiger partial charge in [0.1, 0.15) is 5.82 Å². The summed E-state index contributed by atoms with van der Waals surface area (Å²) in [5, 5.41) is 3.12. The zero-order valence-electron chi connectivity index (χ0n) is 10.8. The maximum atomic E-state index is 12.3. The van der Waals surface area contributed by atoms with Crippen LogP contribution < -0.4 is 5.32 Å². The molecule has 1 aromatic carbocycles. The fourth-order valence-electron chi connectivity index (χ4n) is 1.64. The molecule has 0 radical (unpaired) electrons. The Labute approximate surface area is 119 Å². The first-order valence-electron chi connectivity index (χ1n) is 5.94. The maximum Gasteiger partial charge on any atom is 0.398 e. The number of aryl methyl sites for hydroxylation is 1. The number of para-hydroxylation sites is 1. The first-order valence-corrected chi connectivity index (χ1v) is 6.93. The number of hydrogen-bond donors (Lipinski definition) is 1. The fourth-order valence-corrected chi connectivity index (χ4v) is 2.43. The van der Waals surface area contributed by atoms with E-state index in [1.807, 2.05) is 17.8 Å². The van der Waals surface area contributed by atoms with Crippen LogP contribution in [0.15, 0.2) is 41.6 Å². The number of nitrogens with one attached hydrogen (secondary N) is 1. The van der Waals surface area contributed by atoms with E-state index >= 15 is 0 Å². The second-order valence-corrected chi connectivity index (χ2v) is 5.23. The van der Waals surface area contributed by atoms with Crippen molar-refractivity contribution in [1.29, 1.82) is 0 Å². The van der Waals surface area contributed by atoms with Gasteiger partial charge in [-0.1, -0.05) is 12.1 Å². The molecule has 0 fully saturated rings. The van der Waals surface area contributed by atoms with Crippen LogP contribution in [0.2, 0.25) is 0 Å². The molecular weight excluding hydrogens is 287 g/mol. The molecule has 0 saturated heterocycles. The number of hydrogen-bond acceptors (Lipinski definition) is 3. The van der Waals surface area contributed by atoms with Crippen molar-refractivity contribution in [3.05, 3.63) is 42.5 Å². The van der Waals surface area contributed by atoms with Crippen molar-refractivity contribution in [1.82, 2.24) is 9.55 Å².